The van der Waals surface area contributed by atoms with Crippen molar-refractivity contribution in [1.82, 2.24) is 0 Å². The standard InChI is InChI=1S/C13H20O4/c1-8(7-11(15)9(2)14)10-5-4-6-12(17-3)13(10)16/h4-6,8-9,11,14-16H,7H2,1-3H3. The Morgan fingerprint density at radius 2 is 1.88 bits per heavy atom. The number of hydrogen-bond donors (Lipinski definition) is 3. The highest BCUT2D eigenvalue weighted by Gasteiger charge is 2.19. The van der Waals surface area contributed by atoms with Gasteiger partial charge in [-0.3, -0.25) is 0 Å². The summed E-state index contributed by atoms with van der Waals surface area (Å²) >= 11 is 0. The number of phenolic OH excluding ortho intramolecular Hbond substituents is 1. The maximum atomic E-state index is 9.94. The molecule has 0 aliphatic rings. The first-order valence-electron chi connectivity index (χ1n) is 5.69. The molecule has 4 nitrogen and oxygen atoms in total. The number of ether oxygens (including phenoxy) is 1. The Bertz CT molecular complexity index is 362. The number of rotatable bonds is 5. The van der Waals surface area contributed by atoms with Gasteiger partial charge in [-0.25, -0.2) is 0 Å². The molecule has 1 aromatic rings. The molecule has 17 heavy (non-hydrogen) atoms. The van der Waals surface area contributed by atoms with Gasteiger partial charge in [0, 0.05) is 5.56 Å². The third kappa shape index (κ3) is 3.35. The summed E-state index contributed by atoms with van der Waals surface area (Å²) < 4.78 is 5.03. The van der Waals surface area contributed by atoms with Gasteiger partial charge in [0.05, 0.1) is 19.3 Å². The van der Waals surface area contributed by atoms with E-state index >= 15 is 0 Å². The molecule has 0 spiro atoms. The van der Waals surface area contributed by atoms with E-state index in [2.05, 4.69) is 0 Å². The van der Waals surface area contributed by atoms with Crippen molar-refractivity contribution in [2.75, 3.05) is 7.11 Å². The second-order valence-electron chi connectivity index (χ2n) is 4.34. The molecule has 0 aliphatic heterocycles. The van der Waals surface area contributed by atoms with E-state index < -0.39 is 12.2 Å². The first-order chi connectivity index (χ1) is 7.97. The lowest BCUT2D eigenvalue weighted by Gasteiger charge is -2.20. The largest absolute Gasteiger partial charge is 0.504 e. The van der Waals surface area contributed by atoms with Crippen LogP contribution in [0.5, 0.6) is 11.5 Å². The Kier molecular flexibility index (Phi) is 4.78. The number of aromatic hydroxyl groups is 1. The van der Waals surface area contributed by atoms with Gasteiger partial charge in [-0.05, 0) is 25.3 Å². The molecule has 0 bridgehead atoms. The zero-order chi connectivity index (χ0) is 13.0. The van der Waals surface area contributed by atoms with E-state index in [0.717, 1.165) is 0 Å². The molecule has 0 aliphatic carbocycles. The van der Waals surface area contributed by atoms with E-state index in [1.807, 2.05) is 6.92 Å². The first-order valence-corrected chi connectivity index (χ1v) is 5.69. The van der Waals surface area contributed by atoms with Gasteiger partial charge in [0.15, 0.2) is 11.5 Å². The van der Waals surface area contributed by atoms with Gasteiger partial charge in [-0.2, -0.15) is 0 Å². The molecule has 0 heterocycles. The van der Waals surface area contributed by atoms with Crippen LogP contribution in [-0.4, -0.2) is 34.6 Å². The summed E-state index contributed by atoms with van der Waals surface area (Å²) in [5.41, 5.74) is 0.712. The van der Waals surface area contributed by atoms with E-state index in [1.165, 1.54) is 7.11 Å². The topological polar surface area (TPSA) is 69.9 Å². The predicted octanol–water partition coefficient (Wildman–Crippen LogP) is 1.64. The van der Waals surface area contributed by atoms with Crippen LogP contribution in [0, 0.1) is 0 Å². The lowest BCUT2D eigenvalue weighted by Crippen LogP contribution is -2.24. The number of phenols is 1. The summed E-state index contributed by atoms with van der Waals surface area (Å²) in [7, 11) is 1.49. The maximum Gasteiger partial charge on any atom is 0.161 e. The Labute approximate surface area is 101 Å². The molecular weight excluding hydrogens is 220 g/mol. The van der Waals surface area contributed by atoms with Crippen molar-refractivity contribution in [2.45, 2.75) is 38.4 Å². The molecule has 1 rings (SSSR count). The molecule has 1 aromatic carbocycles. The second kappa shape index (κ2) is 5.89. The van der Waals surface area contributed by atoms with Crippen LogP contribution in [0.25, 0.3) is 0 Å². The molecule has 4 heteroatoms. The van der Waals surface area contributed by atoms with Gasteiger partial charge in [0.1, 0.15) is 0 Å². The fraction of sp³-hybridized carbons (Fsp3) is 0.538. The van der Waals surface area contributed by atoms with Crippen LogP contribution in [-0.2, 0) is 0 Å². The highest BCUT2D eigenvalue weighted by molar-refractivity contribution is 5.46. The zero-order valence-corrected chi connectivity index (χ0v) is 10.4. The molecular formula is C13H20O4. The normalized spacial score (nSPS) is 16.3. The van der Waals surface area contributed by atoms with Crippen LogP contribution in [0.1, 0.15) is 31.7 Å². The minimum Gasteiger partial charge on any atom is -0.504 e. The van der Waals surface area contributed by atoms with E-state index in [0.29, 0.717) is 17.7 Å². The van der Waals surface area contributed by atoms with Gasteiger partial charge in [-0.1, -0.05) is 19.1 Å². The number of aliphatic hydroxyl groups is 2. The number of para-hydroxylation sites is 1. The van der Waals surface area contributed by atoms with Crippen LogP contribution < -0.4 is 4.74 Å². The van der Waals surface area contributed by atoms with Gasteiger partial charge < -0.3 is 20.1 Å². The van der Waals surface area contributed by atoms with E-state index in [4.69, 9.17) is 4.74 Å². The number of methoxy groups -OCH3 is 1. The van der Waals surface area contributed by atoms with Crippen molar-refractivity contribution in [3.8, 4) is 11.5 Å². The van der Waals surface area contributed by atoms with Gasteiger partial charge in [0.25, 0.3) is 0 Å². The van der Waals surface area contributed by atoms with E-state index in [1.54, 1.807) is 25.1 Å². The third-order valence-electron chi connectivity index (χ3n) is 2.93. The van der Waals surface area contributed by atoms with Gasteiger partial charge in [-0.15, -0.1) is 0 Å². The highest BCUT2D eigenvalue weighted by atomic mass is 16.5. The third-order valence-corrected chi connectivity index (χ3v) is 2.93. The average Bonchev–Trinajstić information content (AvgIpc) is 2.28. The van der Waals surface area contributed by atoms with Crippen molar-refractivity contribution in [3.63, 3.8) is 0 Å². The fourth-order valence-corrected chi connectivity index (χ4v) is 1.79. The number of aliphatic hydroxyl groups excluding tert-OH is 2. The highest BCUT2D eigenvalue weighted by Crippen LogP contribution is 2.36. The Hall–Kier alpha value is -1.26. The molecule has 3 atom stereocenters. The lowest BCUT2D eigenvalue weighted by molar-refractivity contribution is 0.0226. The Morgan fingerprint density at radius 3 is 2.41 bits per heavy atom. The fourth-order valence-electron chi connectivity index (χ4n) is 1.79. The quantitative estimate of drug-likeness (QED) is 0.731. The molecule has 0 aromatic heterocycles. The molecule has 3 N–H and O–H groups in total. The predicted molar refractivity (Wildman–Crippen MR) is 65.4 cm³/mol. The second-order valence-corrected chi connectivity index (χ2v) is 4.34. The molecule has 0 radical (unpaired) electrons. The summed E-state index contributed by atoms with van der Waals surface area (Å²) in [6.07, 6.45) is -1.18. The maximum absolute atomic E-state index is 9.94. The van der Waals surface area contributed by atoms with Crippen molar-refractivity contribution in [3.05, 3.63) is 23.8 Å². The molecule has 0 fully saturated rings. The van der Waals surface area contributed by atoms with E-state index in [-0.39, 0.29) is 11.7 Å². The smallest absolute Gasteiger partial charge is 0.161 e. The van der Waals surface area contributed by atoms with Crippen LogP contribution in [0.4, 0.5) is 0 Å². The monoisotopic (exact) mass is 240 g/mol. The van der Waals surface area contributed by atoms with Crippen molar-refractivity contribution in [2.24, 2.45) is 0 Å². The Balaban J connectivity index is 2.85. The first kappa shape index (κ1) is 13.8. The van der Waals surface area contributed by atoms with Crippen molar-refractivity contribution >= 4 is 0 Å². The molecule has 96 valence electrons. The van der Waals surface area contributed by atoms with Gasteiger partial charge in [0.2, 0.25) is 0 Å². The lowest BCUT2D eigenvalue weighted by atomic mass is 9.92. The molecule has 0 amide bonds. The van der Waals surface area contributed by atoms with Gasteiger partial charge >= 0.3 is 0 Å². The minimum atomic E-state index is -0.796. The summed E-state index contributed by atoms with van der Waals surface area (Å²) in [6.45, 7) is 3.43. The average molecular weight is 240 g/mol. The SMILES string of the molecule is COc1cccc(C(C)CC(O)C(C)O)c1O. The summed E-state index contributed by atoms with van der Waals surface area (Å²) in [5, 5.41) is 28.8. The van der Waals surface area contributed by atoms with Crippen molar-refractivity contribution < 1.29 is 20.1 Å². The zero-order valence-electron chi connectivity index (χ0n) is 10.4. The van der Waals surface area contributed by atoms with Crippen LogP contribution in [0.3, 0.4) is 0 Å². The van der Waals surface area contributed by atoms with Crippen LogP contribution in [0.2, 0.25) is 0 Å². The molecule has 3 unspecified atom stereocenters. The van der Waals surface area contributed by atoms with Crippen LogP contribution >= 0.6 is 0 Å². The minimum absolute atomic E-state index is 0.0605. The van der Waals surface area contributed by atoms with E-state index in [9.17, 15) is 15.3 Å². The molecule has 0 saturated heterocycles. The summed E-state index contributed by atoms with van der Waals surface area (Å²) in [5.74, 6) is 0.455. The summed E-state index contributed by atoms with van der Waals surface area (Å²) in [6, 6.07) is 5.26. The number of hydrogen-bond acceptors (Lipinski definition) is 4. The number of benzene rings is 1. The summed E-state index contributed by atoms with van der Waals surface area (Å²) in [4.78, 5) is 0. The molecule has 0 saturated carbocycles. The van der Waals surface area contributed by atoms with Crippen molar-refractivity contribution in [1.29, 1.82) is 0 Å². The van der Waals surface area contributed by atoms with Crippen LogP contribution in [0.15, 0.2) is 18.2 Å². The Morgan fingerprint density at radius 1 is 1.24 bits per heavy atom.